The number of nitrogens with one attached hydrogen (secondary N) is 1. The standard InChI is InChI=1S/C25H28N4O/c1-18-7-5-6-10-20(18)13-24(30)29-15-21-14-28(16-22-11-12-26-27-22)17-23(21)25(29)19-8-3-2-4-9-19/h2-12,21,23,25H,13-17H2,1H3,(H,26,27)/t21-,23-,25+/m0/s1. The summed E-state index contributed by atoms with van der Waals surface area (Å²) >= 11 is 0. The van der Waals surface area contributed by atoms with Crippen LogP contribution in [0.3, 0.4) is 0 Å². The van der Waals surface area contributed by atoms with Crippen molar-refractivity contribution < 1.29 is 4.79 Å². The van der Waals surface area contributed by atoms with Gasteiger partial charge in [0, 0.05) is 44.0 Å². The minimum atomic E-state index is 0.152. The van der Waals surface area contributed by atoms with E-state index in [-0.39, 0.29) is 11.9 Å². The molecule has 3 aromatic rings. The van der Waals surface area contributed by atoms with Crippen LogP contribution >= 0.6 is 0 Å². The van der Waals surface area contributed by atoms with Crippen LogP contribution in [0.1, 0.15) is 28.4 Å². The van der Waals surface area contributed by atoms with Gasteiger partial charge >= 0.3 is 0 Å². The Kier molecular flexibility index (Phi) is 5.13. The van der Waals surface area contributed by atoms with Gasteiger partial charge in [0.1, 0.15) is 0 Å². The summed E-state index contributed by atoms with van der Waals surface area (Å²) < 4.78 is 0. The van der Waals surface area contributed by atoms with Crippen molar-refractivity contribution in [1.29, 1.82) is 0 Å². The quantitative estimate of drug-likeness (QED) is 0.712. The van der Waals surface area contributed by atoms with E-state index in [1.165, 1.54) is 11.1 Å². The van der Waals surface area contributed by atoms with Gasteiger partial charge in [-0.05, 0) is 35.6 Å². The molecule has 3 heterocycles. The van der Waals surface area contributed by atoms with E-state index in [4.69, 9.17) is 0 Å². The first-order chi connectivity index (χ1) is 14.7. The van der Waals surface area contributed by atoms with Crippen molar-refractivity contribution in [2.75, 3.05) is 19.6 Å². The molecule has 1 amide bonds. The average Bonchev–Trinajstić information content (AvgIpc) is 3.47. The first-order valence-electron chi connectivity index (χ1n) is 10.8. The normalized spacial score (nSPS) is 23.6. The Labute approximate surface area is 177 Å². The van der Waals surface area contributed by atoms with Gasteiger partial charge in [-0.3, -0.25) is 14.8 Å². The Balaban J connectivity index is 1.37. The Hall–Kier alpha value is -2.92. The summed E-state index contributed by atoms with van der Waals surface area (Å²) in [6.07, 6.45) is 2.29. The summed E-state index contributed by atoms with van der Waals surface area (Å²) in [4.78, 5) is 18.1. The highest BCUT2D eigenvalue weighted by molar-refractivity contribution is 5.80. The number of aromatic nitrogens is 2. The van der Waals surface area contributed by atoms with E-state index < -0.39 is 0 Å². The number of aromatic amines is 1. The van der Waals surface area contributed by atoms with E-state index in [1.54, 1.807) is 0 Å². The van der Waals surface area contributed by atoms with E-state index in [9.17, 15) is 4.79 Å². The van der Waals surface area contributed by atoms with Crippen LogP contribution in [0.5, 0.6) is 0 Å². The molecule has 1 aromatic heterocycles. The molecule has 5 rings (SSSR count). The van der Waals surface area contributed by atoms with Gasteiger partial charge in [-0.1, -0.05) is 54.6 Å². The molecule has 2 fully saturated rings. The summed E-state index contributed by atoms with van der Waals surface area (Å²) in [7, 11) is 0. The number of likely N-dealkylation sites (tertiary alicyclic amines) is 2. The zero-order valence-corrected chi connectivity index (χ0v) is 17.4. The monoisotopic (exact) mass is 400 g/mol. The largest absolute Gasteiger partial charge is 0.335 e. The molecular formula is C25H28N4O. The second-order valence-electron chi connectivity index (χ2n) is 8.70. The predicted molar refractivity (Wildman–Crippen MR) is 117 cm³/mol. The molecule has 5 nitrogen and oxygen atoms in total. The maximum absolute atomic E-state index is 13.4. The number of amides is 1. The third kappa shape index (κ3) is 3.65. The molecule has 1 N–H and O–H groups in total. The summed E-state index contributed by atoms with van der Waals surface area (Å²) in [6.45, 7) is 5.86. The number of carbonyl (C=O) groups is 1. The molecule has 154 valence electrons. The lowest BCUT2D eigenvalue weighted by Crippen LogP contribution is -2.36. The number of rotatable bonds is 5. The van der Waals surface area contributed by atoms with Crippen molar-refractivity contribution in [3.63, 3.8) is 0 Å². The van der Waals surface area contributed by atoms with Gasteiger partial charge in [0.15, 0.2) is 0 Å². The van der Waals surface area contributed by atoms with Gasteiger partial charge in [0.2, 0.25) is 5.91 Å². The number of nitrogens with zero attached hydrogens (tertiary/aromatic N) is 3. The number of fused-ring (bicyclic) bond motifs is 1. The third-order valence-corrected chi connectivity index (χ3v) is 6.76. The summed E-state index contributed by atoms with van der Waals surface area (Å²) in [5.41, 5.74) is 4.73. The predicted octanol–water partition coefficient (Wildman–Crippen LogP) is 3.59. The van der Waals surface area contributed by atoms with Crippen LogP contribution < -0.4 is 0 Å². The molecule has 2 aromatic carbocycles. The molecule has 0 bridgehead atoms. The number of hydrogen-bond acceptors (Lipinski definition) is 3. The number of carbonyl (C=O) groups excluding carboxylic acids is 1. The van der Waals surface area contributed by atoms with Crippen molar-refractivity contribution in [3.05, 3.63) is 89.2 Å². The maximum atomic E-state index is 13.4. The van der Waals surface area contributed by atoms with Crippen molar-refractivity contribution in [3.8, 4) is 0 Å². The number of benzene rings is 2. The molecule has 2 aliphatic rings. The third-order valence-electron chi connectivity index (χ3n) is 6.76. The average molecular weight is 401 g/mol. The maximum Gasteiger partial charge on any atom is 0.227 e. The number of aryl methyl sites for hydroxylation is 1. The van der Waals surface area contributed by atoms with Crippen molar-refractivity contribution in [1.82, 2.24) is 20.0 Å². The molecule has 3 atom stereocenters. The summed E-state index contributed by atoms with van der Waals surface area (Å²) in [5.74, 6) is 1.22. The summed E-state index contributed by atoms with van der Waals surface area (Å²) in [5, 5.41) is 7.15. The first kappa shape index (κ1) is 19.1. The van der Waals surface area contributed by atoms with Crippen LogP contribution in [0.25, 0.3) is 0 Å². The number of hydrogen-bond donors (Lipinski definition) is 1. The number of H-pyrrole nitrogens is 1. The highest BCUT2D eigenvalue weighted by Gasteiger charge is 2.48. The van der Waals surface area contributed by atoms with E-state index in [0.717, 1.165) is 37.4 Å². The molecule has 0 aliphatic carbocycles. The van der Waals surface area contributed by atoms with Crippen molar-refractivity contribution in [2.45, 2.75) is 25.9 Å². The molecule has 0 saturated carbocycles. The fraction of sp³-hybridized carbons (Fsp3) is 0.360. The lowest BCUT2D eigenvalue weighted by Gasteiger charge is -2.30. The van der Waals surface area contributed by atoms with Crippen molar-refractivity contribution in [2.24, 2.45) is 11.8 Å². The fourth-order valence-corrected chi connectivity index (χ4v) is 5.29. The zero-order valence-electron chi connectivity index (χ0n) is 17.4. The van der Waals surface area contributed by atoms with Gasteiger partial charge in [-0.2, -0.15) is 5.10 Å². The lowest BCUT2D eigenvalue weighted by atomic mass is 9.89. The Morgan fingerprint density at radius 3 is 2.60 bits per heavy atom. The van der Waals surface area contributed by atoms with E-state index in [2.05, 4.69) is 69.4 Å². The van der Waals surface area contributed by atoms with E-state index in [1.807, 2.05) is 24.4 Å². The molecule has 0 unspecified atom stereocenters. The molecule has 0 radical (unpaired) electrons. The summed E-state index contributed by atoms with van der Waals surface area (Å²) in [6, 6.07) is 21.0. The fourth-order valence-electron chi connectivity index (χ4n) is 5.29. The SMILES string of the molecule is Cc1ccccc1CC(=O)N1C[C@@H]2CN(Cc3ccn[nH]3)C[C@@H]2[C@H]1c1ccccc1. The molecule has 5 heteroatoms. The second kappa shape index (κ2) is 8.07. The van der Waals surface area contributed by atoms with Gasteiger partial charge in [-0.25, -0.2) is 0 Å². The molecule has 2 saturated heterocycles. The minimum Gasteiger partial charge on any atom is -0.335 e. The van der Waals surface area contributed by atoms with Crippen LogP contribution in [-0.4, -0.2) is 45.5 Å². The zero-order chi connectivity index (χ0) is 20.5. The first-order valence-corrected chi connectivity index (χ1v) is 10.8. The molecule has 30 heavy (non-hydrogen) atoms. The molecule has 2 aliphatic heterocycles. The lowest BCUT2D eigenvalue weighted by molar-refractivity contribution is -0.132. The smallest absolute Gasteiger partial charge is 0.227 e. The van der Waals surface area contributed by atoms with Crippen LogP contribution in [0.2, 0.25) is 0 Å². The van der Waals surface area contributed by atoms with Gasteiger partial charge in [-0.15, -0.1) is 0 Å². The molecular weight excluding hydrogens is 372 g/mol. The van der Waals surface area contributed by atoms with Gasteiger partial charge < -0.3 is 4.90 Å². The van der Waals surface area contributed by atoms with E-state index in [0.29, 0.717) is 18.3 Å². The topological polar surface area (TPSA) is 52.2 Å². The molecule has 0 spiro atoms. The van der Waals surface area contributed by atoms with Crippen LogP contribution in [0.15, 0.2) is 66.9 Å². The van der Waals surface area contributed by atoms with E-state index >= 15 is 0 Å². The minimum absolute atomic E-state index is 0.152. The van der Waals surface area contributed by atoms with Crippen molar-refractivity contribution >= 4 is 5.91 Å². The van der Waals surface area contributed by atoms with Crippen LogP contribution in [-0.2, 0) is 17.8 Å². The Bertz CT molecular complexity index is 1000. The van der Waals surface area contributed by atoms with Crippen LogP contribution in [0.4, 0.5) is 0 Å². The second-order valence-corrected chi connectivity index (χ2v) is 8.70. The highest BCUT2D eigenvalue weighted by Crippen LogP contribution is 2.45. The van der Waals surface area contributed by atoms with Gasteiger partial charge in [0.25, 0.3) is 0 Å². The highest BCUT2D eigenvalue weighted by atomic mass is 16.2. The Morgan fingerprint density at radius 2 is 1.83 bits per heavy atom. The van der Waals surface area contributed by atoms with Gasteiger partial charge in [0.05, 0.1) is 12.5 Å². The Morgan fingerprint density at radius 1 is 1.03 bits per heavy atom. The van der Waals surface area contributed by atoms with Crippen LogP contribution in [0, 0.1) is 18.8 Å².